The van der Waals surface area contributed by atoms with Gasteiger partial charge >= 0.3 is 0 Å². The van der Waals surface area contributed by atoms with Crippen LogP contribution in [0.15, 0.2) is 35.6 Å². The van der Waals surface area contributed by atoms with Gasteiger partial charge < -0.3 is 11.1 Å². The van der Waals surface area contributed by atoms with Crippen LogP contribution in [0.2, 0.25) is 0 Å². The Labute approximate surface area is 135 Å². The molecular formula is C14H20IN5. The maximum atomic E-state index is 5.93. The van der Waals surface area contributed by atoms with Gasteiger partial charge in [-0.05, 0) is 25.0 Å². The summed E-state index contributed by atoms with van der Waals surface area (Å²) < 4.78 is 1.85. The number of guanidine groups is 1. The van der Waals surface area contributed by atoms with Gasteiger partial charge in [-0.2, -0.15) is 5.10 Å². The molecule has 6 heteroatoms. The van der Waals surface area contributed by atoms with Crippen molar-refractivity contribution in [3.05, 3.63) is 36.2 Å². The van der Waals surface area contributed by atoms with Gasteiger partial charge in [-0.25, -0.2) is 9.51 Å². The first-order valence-electron chi connectivity index (χ1n) is 6.80. The van der Waals surface area contributed by atoms with Crippen molar-refractivity contribution in [2.24, 2.45) is 10.7 Å². The molecule has 0 radical (unpaired) electrons. The summed E-state index contributed by atoms with van der Waals surface area (Å²) in [7, 11) is 0. The average Bonchev–Trinajstić information content (AvgIpc) is 3.05. The van der Waals surface area contributed by atoms with E-state index in [1.54, 1.807) is 0 Å². The Morgan fingerprint density at radius 2 is 2.20 bits per heavy atom. The van der Waals surface area contributed by atoms with Crippen LogP contribution in [-0.2, 0) is 6.54 Å². The van der Waals surface area contributed by atoms with Crippen LogP contribution in [0.25, 0.3) is 5.52 Å². The first kappa shape index (κ1) is 15.1. The summed E-state index contributed by atoms with van der Waals surface area (Å²) in [6.07, 6.45) is 8.77. The minimum atomic E-state index is 0. The van der Waals surface area contributed by atoms with Gasteiger partial charge in [0.25, 0.3) is 0 Å². The van der Waals surface area contributed by atoms with Crippen molar-refractivity contribution in [2.45, 2.75) is 38.3 Å². The van der Waals surface area contributed by atoms with Crippen molar-refractivity contribution in [3.8, 4) is 0 Å². The molecule has 0 aromatic carbocycles. The average molecular weight is 385 g/mol. The Kier molecular flexibility index (Phi) is 5.22. The van der Waals surface area contributed by atoms with Gasteiger partial charge in [0, 0.05) is 17.8 Å². The van der Waals surface area contributed by atoms with Gasteiger partial charge in [0.2, 0.25) is 0 Å². The van der Waals surface area contributed by atoms with Crippen molar-refractivity contribution in [1.82, 2.24) is 14.9 Å². The third-order valence-electron chi connectivity index (χ3n) is 3.63. The van der Waals surface area contributed by atoms with Gasteiger partial charge in [-0.3, -0.25) is 0 Å². The number of pyridine rings is 1. The molecule has 2 aromatic heterocycles. The number of nitrogens with two attached hydrogens (primary N) is 1. The molecule has 3 N–H and O–H groups in total. The lowest BCUT2D eigenvalue weighted by atomic mass is 10.2. The number of fused-ring (bicyclic) bond motifs is 1. The Morgan fingerprint density at radius 3 is 3.00 bits per heavy atom. The largest absolute Gasteiger partial charge is 0.370 e. The maximum Gasteiger partial charge on any atom is 0.189 e. The minimum absolute atomic E-state index is 0. The predicted molar refractivity (Wildman–Crippen MR) is 91.3 cm³/mol. The van der Waals surface area contributed by atoms with E-state index in [1.807, 2.05) is 35.1 Å². The van der Waals surface area contributed by atoms with Gasteiger partial charge in [-0.1, -0.05) is 18.9 Å². The van der Waals surface area contributed by atoms with Gasteiger partial charge in [0.1, 0.15) is 0 Å². The highest BCUT2D eigenvalue weighted by molar-refractivity contribution is 14.0. The molecular weight excluding hydrogens is 365 g/mol. The summed E-state index contributed by atoms with van der Waals surface area (Å²) >= 11 is 0. The second-order valence-corrected chi connectivity index (χ2v) is 5.03. The highest BCUT2D eigenvalue weighted by Crippen LogP contribution is 2.17. The van der Waals surface area contributed by atoms with Crippen molar-refractivity contribution in [2.75, 3.05) is 0 Å². The van der Waals surface area contributed by atoms with Crippen molar-refractivity contribution < 1.29 is 0 Å². The normalized spacial score (nSPS) is 16.3. The molecule has 0 bridgehead atoms. The van der Waals surface area contributed by atoms with E-state index in [-0.39, 0.29) is 24.0 Å². The van der Waals surface area contributed by atoms with Gasteiger partial charge in [0.05, 0.1) is 18.3 Å². The van der Waals surface area contributed by atoms with Crippen LogP contribution in [-0.4, -0.2) is 21.6 Å². The minimum Gasteiger partial charge on any atom is -0.370 e. The van der Waals surface area contributed by atoms with E-state index >= 15 is 0 Å². The molecule has 5 nitrogen and oxygen atoms in total. The summed E-state index contributed by atoms with van der Waals surface area (Å²) in [6.45, 7) is 0.569. The number of hydrogen-bond donors (Lipinski definition) is 2. The van der Waals surface area contributed by atoms with Crippen molar-refractivity contribution >= 4 is 35.5 Å². The molecule has 0 spiro atoms. The van der Waals surface area contributed by atoms with Crippen LogP contribution in [0.1, 0.15) is 31.2 Å². The lowest BCUT2D eigenvalue weighted by molar-refractivity contribution is 0.625. The van der Waals surface area contributed by atoms with E-state index in [0.29, 0.717) is 18.5 Å². The molecule has 2 heterocycles. The van der Waals surface area contributed by atoms with Crippen LogP contribution >= 0.6 is 24.0 Å². The smallest absolute Gasteiger partial charge is 0.189 e. The summed E-state index contributed by atoms with van der Waals surface area (Å²) in [4.78, 5) is 4.41. The first-order chi connectivity index (χ1) is 9.33. The van der Waals surface area contributed by atoms with E-state index in [4.69, 9.17) is 5.73 Å². The monoisotopic (exact) mass is 385 g/mol. The zero-order chi connectivity index (χ0) is 13.1. The molecule has 3 rings (SSSR count). The Balaban J connectivity index is 0.00000147. The Hall–Kier alpha value is -1.31. The van der Waals surface area contributed by atoms with Crippen LogP contribution in [0.5, 0.6) is 0 Å². The summed E-state index contributed by atoms with van der Waals surface area (Å²) in [5.41, 5.74) is 8.10. The maximum absolute atomic E-state index is 5.93. The molecule has 2 aromatic rings. The first-order valence-corrected chi connectivity index (χ1v) is 6.80. The number of nitrogens with one attached hydrogen (secondary N) is 1. The standard InChI is InChI=1S/C14H19N5.HI/c15-14(18-12-5-1-2-6-12)16-9-11-10-17-19-8-4-3-7-13(11)19;/h3-4,7-8,10,12H,1-2,5-6,9H2,(H3,15,16,18);1H. The molecule has 0 saturated heterocycles. The van der Waals surface area contributed by atoms with Crippen molar-refractivity contribution in [3.63, 3.8) is 0 Å². The second-order valence-electron chi connectivity index (χ2n) is 5.03. The fraction of sp³-hybridized carbons (Fsp3) is 0.429. The zero-order valence-corrected chi connectivity index (χ0v) is 13.7. The molecule has 20 heavy (non-hydrogen) atoms. The Bertz CT molecular complexity index is 586. The highest BCUT2D eigenvalue weighted by atomic mass is 127. The number of aliphatic imine (C=N–C) groups is 1. The number of aromatic nitrogens is 2. The molecule has 1 saturated carbocycles. The summed E-state index contributed by atoms with van der Waals surface area (Å²) in [5.74, 6) is 0.544. The molecule has 1 aliphatic rings. The van der Waals surface area contributed by atoms with Gasteiger partial charge in [-0.15, -0.1) is 24.0 Å². The number of hydrogen-bond acceptors (Lipinski definition) is 2. The third kappa shape index (κ3) is 3.41. The van der Waals surface area contributed by atoms with E-state index in [1.165, 1.54) is 25.7 Å². The quantitative estimate of drug-likeness (QED) is 0.484. The van der Waals surface area contributed by atoms with E-state index in [0.717, 1.165) is 11.1 Å². The highest BCUT2D eigenvalue weighted by Gasteiger charge is 2.14. The number of nitrogens with zero attached hydrogens (tertiary/aromatic N) is 3. The lowest BCUT2D eigenvalue weighted by Crippen LogP contribution is -2.38. The lowest BCUT2D eigenvalue weighted by Gasteiger charge is -2.11. The molecule has 1 aliphatic carbocycles. The predicted octanol–water partition coefficient (Wildman–Crippen LogP) is 2.30. The molecule has 0 atom stereocenters. The number of halogens is 1. The van der Waals surface area contributed by atoms with Crippen LogP contribution in [0.4, 0.5) is 0 Å². The molecule has 1 fully saturated rings. The van der Waals surface area contributed by atoms with Crippen LogP contribution in [0.3, 0.4) is 0 Å². The molecule has 0 aliphatic heterocycles. The van der Waals surface area contributed by atoms with E-state index in [2.05, 4.69) is 15.4 Å². The topological polar surface area (TPSA) is 67.7 Å². The van der Waals surface area contributed by atoms with Crippen LogP contribution in [0, 0.1) is 0 Å². The van der Waals surface area contributed by atoms with E-state index in [9.17, 15) is 0 Å². The zero-order valence-electron chi connectivity index (χ0n) is 11.3. The SMILES string of the molecule is I.NC(=NCc1cnn2ccccc12)NC1CCCC1. The fourth-order valence-corrected chi connectivity index (χ4v) is 2.60. The third-order valence-corrected chi connectivity index (χ3v) is 3.63. The Morgan fingerprint density at radius 1 is 1.40 bits per heavy atom. The molecule has 0 amide bonds. The summed E-state index contributed by atoms with van der Waals surface area (Å²) in [5, 5.41) is 7.58. The second kappa shape index (κ2) is 6.92. The fourth-order valence-electron chi connectivity index (χ4n) is 2.60. The van der Waals surface area contributed by atoms with Gasteiger partial charge in [0.15, 0.2) is 5.96 Å². The van der Waals surface area contributed by atoms with Crippen LogP contribution < -0.4 is 11.1 Å². The number of rotatable bonds is 3. The van der Waals surface area contributed by atoms with Crippen molar-refractivity contribution in [1.29, 1.82) is 0 Å². The molecule has 108 valence electrons. The summed E-state index contributed by atoms with van der Waals surface area (Å²) in [6, 6.07) is 6.51. The van der Waals surface area contributed by atoms with E-state index < -0.39 is 0 Å². The molecule has 0 unspecified atom stereocenters.